The van der Waals surface area contributed by atoms with Crippen LogP contribution < -0.4 is 14.8 Å². The predicted octanol–water partition coefficient (Wildman–Crippen LogP) is 5.75. The van der Waals surface area contributed by atoms with Crippen LogP contribution in [0.3, 0.4) is 0 Å². The Bertz CT molecular complexity index is 2370. The number of nitrogens with one attached hydrogen (secondary N) is 1. The Kier molecular flexibility index (Phi) is 10.1. The van der Waals surface area contributed by atoms with Gasteiger partial charge in [0.1, 0.15) is 35.3 Å². The summed E-state index contributed by atoms with van der Waals surface area (Å²) in [4.78, 5) is 39.7. The van der Waals surface area contributed by atoms with Crippen molar-refractivity contribution in [1.82, 2.24) is 24.4 Å². The molecule has 16 heteroatoms. The average Bonchev–Trinajstić information content (AvgIpc) is 3.74. The molecule has 0 unspecified atom stereocenters. The van der Waals surface area contributed by atoms with Gasteiger partial charge in [-0.25, -0.2) is 15.0 Å². The van der Waals surface area contributed by atoms with Crippen molar-refractivity contribution < 1.29 is 46.8 Å². The number of ether oxygens (including phenoxy) is 4. The van der Waals surface area contributed by atoms with Gasteiger partial charge in [-0.05, 0) is 53.1 Å². The molecule has 4 heterocycles. The average molecular weight is 795 g/mol. The Labute approximate surface area is 330 Å². The first-order valence-electron chi connectivity index (χ1n) is 18.2. The Morgan fingerprint density at radius 1 is 0.845 bits per heavy atom. The maximum Gasteiger partial charge on any atom is 0.471 e. The summed E-state index contributed by atoms with van der Waals surface area (Å²) in [6.07, 6.45) is -5.28. The van der Waals surface area contributed by atoms with Gasteiger partial charge < -0.3 is 34.3 Å². The number of piperidine rings is 1. The van der Waals surface area contributed by atoms with Crippen LogP contribution >= 0.6 is 0 Å². The van der Waals surface area contributed by atoms with Crippen molar-refractivity contribution >= 4 is 28.8 Å². The highest BCUT2D eigenvalue weighted by Gasteiger charge is 2.63. The van der Waals surface area contributed by atoms with Crippen LogP contribution in [0, 0.1) is 5.92 Å². The number of aliphatic hydroxyl groups excluding tert-OH is 1. The molecule has 2 N–H and O–H groups in total. The van der Waals surface area contributed by atoms with Gasteiger partial charge in [0.15, 0.2) is 17.0 Å². The molecule has 2 amide bonds. The molecule has 58 heavy (non-hydrogen) atoms. The summed E-state index contributed by atoms with van der Waals surface area (Å²) in [7, 11) is 3.08. The van der Waals surface area contributed by atoms with Crippen molar-refractivity contribution in [3.63, 3.8) is 0 Å². The molecule has 0 radical (unpaired) electrons. The van der Waals surface area contributed by atoms with Crippen molar-refractivity contribution in [1.29, 1.82) is 0 Å². The van der Waals surface area contributed by atoms with Gasteiger partial charge in [0, 0.05) is 12.1 Å². The molecule has 2 aliphatic heterocycles. The predicted molar refractivity (Wildman–Crippen MR) is 203 cm³/mol. The first kappa shape index (κ1) is 38.5. The van der Waals surface area contributed by atoms with Gasteiger partial charge in [0.05, 0.1) is 45.7 Å². The molecule has 0 saturated carbocycles. The van der Waals surface area contributed by atoms with Gasteiger partial charge in [-0.1, -0.05) is 72.8 Å². The topological polar surface area (TPSA) is 150 Å². The molecular formula is C42H37F3N6O7. The van der Waals surface area contributed by atoms with Crippen LogP contribution in [0.5, 0.6) is 11.5 Å². The molecule has 0 spiro atoms. The van der Waals surface area contributed by atoms with E-state index in [1.807, 2.05) is 54.6 Å². The van der Waals surface area contributed by atoms with E-state index in [0.717, 1.165) is 0 Å². The van der Waals surface area contributed by atoms with Crippen LogP contribution in [0.25, 0.3) is 11.2 Å². The molecule has 2 fully saturated rings. The normalized spacial score (nSPS) is 20.5. The summed E-state index contributed by atoms with van der Waals surface area (Å²) >= 11 is 0. The monoisotopic (exact) mass is 794 g/mol. The van der Waals surface area contributed by atoms with Crippen molar-refractivity contribution in [3.05, 3.63) is 144 Å². The molecule has 2 aromatic heterocycles. The van der Waals surface area contributed by atoms with E-state index in [2.05, 4.69) is 20.3 Å². The number of carbonyl (C=O) groups is 2. The molecule has 4 aromatic carbocycles. The van der Waals surface area contributed by atoms with Crippen LogP contribution in [0.1, 0.15) is 33.3 Å². The van der Waals surface area contributed by atoms with E-state index in [0.29, 0.717) is 38.7 Å². The Hall–Kier alpha value is -6.36. The Morgan fingerprint density at radius 3 is 2.02 bits per heavy atom. The molecule has 6 aromatic rings. The van der Waals surface area contributed by atoms with E-state index in [-0.39, 0.29) is 17.0 Å². The summed E-state index contributed by atoms with van der Waals surface area (Å²) in [6, 6.07) is 32.0. The third kappa shape index (κ3) is 6.78. The largest absolute Gasteiger partial charge is 0.497 e. The van der Waals surface area contributed by atoms with Crippen LogP contribution in [0.4, 0.5) is 19.0 Å². The lowest BCUT2D eigenvalue weighted by Crippen LogP contribution is -2.62. The fourth-order valence-electron chi connectivity index (χ4n) is 7.87. The van der Waals surface area contributed by atoms with Gasteiger partial charge in [-0.3, -0.25) is 14.2 Å². The molecule has 4 atom stereocenters. The van der Waals surface area contributed by atoms with Crippen LogP contribution in [-0.4, -0.2) is 93.1 Å². The highest BCUT2D eigenvalue weighted by Crippen LogP contribution is 2.50. The second-order valence-electron chi connectivity index (χ2n) is 14.0. The summed E-state index contributed by atoms with van der Waals surface area (Å²) in [5, 5.41) is 14.9. The summed E-state index contributed by atoms with van der Waals surface area (Å²) < 4.78 is 68.5. The Morgan fingerprint density at radius 2 is 1.43 bits per heavy atom. The quantitative estimate of drug-likeness (QED) is 0.155. The number of imidazole rings is 1. The molecule has 298 valence electrons. The van der Waals surface area contributed by atoms with Gasteiger partial charge in [0.25, 0.3) is 5.91 Å². The number of alkyl halides is 3. The molecular weight excluding hydrogens is 757 g/mol. The Balaban J connectivity index is 1.22. The molecule has 2 bridgehead atoms. The first-order chi connectivity index (χ1) is 28.0. The number of hydrogen-bond acceptors (Lipinski definition) is 10. The number of fused-ring (bicyclic) bond motifs is 3. The zero-order valence-electron chi connectivity index (χ0n) is 31.2. The smallest absolute Gasteiger partial charge is 0.471 e. The van der Waals surface area contributed by atoms with Crippen LogP contribution in [0.2, 0.25) is 0 Å². The van der Waals surface area contributed by atoms with Gasteiger partial charge in [-0.2, -0.15) is 13.2 Å². The highest BCUT2D eigenvalue weighted by molar-refractivity contribution is 6.06. The number of benzene rings is 4. The third-order valence-corrected chi connectivity index (χ3v) is 10.7. The van der Waals surface area contributed by atoms with Crippen molar-refractivity contribution in [2.24, 2.45) is 5.92 Å². The molecule has 0 aliphatic carbocycles. The number of nitrogens with zero attached hydrogens (tertiary/aromatic N) is 5. The van der Waals surface area contributed by atoms with E-state index in [1.165, 1.54) is 17.2 Å². The van der Waals surface area contributed by atoms with E-state index < -0.39 is 67.1 Å². The maximum absolute atomic E-state index is 14.1. The number of halogens is 3. The standard InChI is InChI=1S/C42H37F3N6O7/c1-55-30-17-13-28(14-18-30)41(27-11-7-4-8-12-27,29-15-19-31(56-2)20-16-29)57-23-40-22-50(39(54)42(43,44)45)21-32(34(40)52)38(58-40)51-25-48-33-35(46-24-47-36(33)51)49-37(53)26-9-5-3-6-10-26/h3-20,24-25,32,34,38,52H,21-23H2,1-2H3,(H,46,47,49,53)/t32-,34+,38-,40-/m1/s1. The minimum absolute atomic E-state index is 0.0812. The van der Waals surface area contributed by atoms with E-state index in [1.54, 1.807) is 68.8 Å². The lowest BCUT2D eigenvalue weighted by molar-refractivity contribution is -0.200. The van der Waals surface area contributed by atoms with Crippen molar-refractivity contribution in [3.8, 4) is 11.5 Å². The van der Waals surface area contributed by atoms with Crippen molar-refractivity contribution in [2.45, 2.75) is 29.7 Å². The lowest BCUT2D eigenvalue weighted by atomic mass is 9.79. The summed E-state index contributed by atoms with van der Waals surface area (Å²) in [5.41, 5.74) is -0.721. The van der Waals surface area contributed by atoms with E-state index in [9.17, 15) is 27.9 Å². The maximum atomic E-state index is 14.1. The van der Waals surface area contributed by atoms with E-state index in [4.69, 9.17) is 18.9 Å². The molecule has 2 aliphatic rings. The number of aliphatic hydroxyl groups is 1. The molecule has 2 saturated heterocycles. The van der Waals surface area contributed by atoms with E-state index >= 15 is 0 Å². The van der Waals surface area contributed by atoms with Gasteiger partial charge in [0.2, 0.25) is 0 Å². The second kappa shape index (κ2) is 15.2. The number of amides is 2. The summed E-state index contributed by atoms with van der Waals surface area (Å²) in [5.74, 6) is -2.41. The minimum Gasteiger partial charge on any atom is -0.497 e. The van der Waals surface area contributed by atoms with Crippen LogP contribution in [-0.2, 0) is 19.9 Å². The van der Waals surface area contributed by atoms with Crippen molar-refractivity contribution in [2.75, 3.05) is 39.2 Å². The summed E-state index contributed by atoms with van der Waals surface area (Å²) in [6.45, 7) is -1.65. The molecule has 13 nitrogen and oxygen atoms in total. The van der Waals surface area contributed by atoms with Crippen LogP contribution in [0.15, 0.2) is 122 Å². The number of likely N-dealkylation sites (tertiary alicyclic amines) is 1. The fourth-order valence-corrected chi connectivity index (χ4v) is 7.87. The number of anilines is 1. The highest BCUT2D eigenvalue weighted by atomic mass is 19.4. The fraction of sp³-hybridized carbons (Fsp3) is 0.262. The zero-order chi connectivity index (χ0) is 40.7. The minimum atomic E-state index is -5.21. The number of aromatic nitrogens is 4. The van der Waals surface area contributed by atoms with Gasteiger partial charge in [-0.15, -0.1) is 0 Å². The third-order valence-electron chi connectivity index (χ3n) is 10.7. The number of hydrogen-bond donors (Lipinski definition) is 2. The first-order valence-corrected chi connectivity index (χ1v) is 18.2. The number of carbonyl (C=O) groups excluding carboxylic acids is 2. The van der Waals surface area contributed by atoms with Gasteiger partial charge >= 0.3 is 12.1 Å². The number of methoxy groups -OCH3 is 2. The second-order valence-corrected chi connectivity index (χ2v) is 14.0. The zero-order valence-corrected chi connectivity index (χ0v) is 31.2. The SMILES string of the molecule is COc1ccc(C(OC[C@@]23CN(C(=O)C(F)(F)F)C[C@@H]([C@H](n4cnc5c(NC(=O)c6ccccc6)ncnc54)O2)[C@@H]3O)(c2ccccc2)c2ccc(OC)cc2)cc1. The molecule has 8 rings (SSSR count). The lowest BCUT2D eigenvalue weighted by Gasteiger charge is -2.44. The number of rotatable bonds is 11.